The van der Waals surface area contributed by atoms with E-state index in [0.29, 0.717) is 11.1 Å². The summed E-state index contributed by atoms with van der Waals surface area (Å²) in [4.78, 5) is 0. The summed E-state index contributed by atoms with van der Waals surface area (Å²) in [5.74, 6) is 0.779. The Kier molecular flexibility index (Phi) is 2.28. The Bertz CT molecular complexity index is 276. The zero-order valence-electron chi connectivity index (χ0n) is 6.39. The number of rotatable bonds is 2. The molecule has 64 valence electrons. The van der Waals surface area contributed by atoms with Gasteiger partial charge in [0, 0.05) is 0 Å². The molecule has 0 saturated heterocycles. The summed E-state index contributed by atoms with van der Waals surface area (Å²) in [7, 11) is 0. The third kappa shape index (κ3) is 1.75. The van der Waals surface area contributed by atoms with Gasteiger partial charge in [0.15, 0.2) is 5.75 Å². The third-order valence-electron chi connectivity index (χ3n) is 1.73. The number of halogens is 2. The lowest BCUT2D eigenvalue weighted by Crippen LogP contribution is -1.96. The van der Waals surface area contributed by atoms with Crippen LogP contribution >= 0.6 is 27.5 Å². The minimum Gasteiger partial charge on any atom is -0.488 e. The van der Waals surface area contributed by atoms with Gasteiger partial charge >= 0.3 is 0 Å². The summed E-state index contributed by atoms with van der Waals surface area (Å²) in [5, 5.41) is 0.677. The van der Waals surface area contributed by atoms with Crippen molar-refractivity contribution < 1.29 is 4.74 Å². The molecule has 0 radical (unpaired) electrons. The van der Waals surface area contributed by atoms with Crippen LogP contribution in [-0.4, -0.2) is 6.10 Å². The van der Waals surface area contributed by atoms with Crippen LogP contribution in [0.4, 0.5) is 0 Å². The van der Waals surface area contributed by atoms with E-state index in [-0.39, 0.29) is 0 Å². The topological polar surface area (TPSA) is 9.23 Å². The van der Waals surface area contributed by atoms with Crippen molar-refractivity contribution in [2.75, 3.05) is 0 Å². The first-order chi connectivity index (χ1) is 5.77. The first kappa shape index (κ1) is 8.39. The Balaban J connectivity index is 2.26. The molecule has 1 nitrogen and oxygen atoms in total. The van der Waals surface area contributed by atoms with E-state index >= 15 is 0 Å². The summed E-state index contributed by atoms with van der Waals surface area (Å²) in [5.41, 5.74) is 0. The smallest absolute Gasteiger partial charge is 0.152 e. The van der Waals surface area contributed by atoms with Gasteiger partial charge in [-0.2, -0.15) is 0 Å². The average Bonchev–Trinajstić information content (AvgIpc) is 2.80. The summed E-state index contributed by atoms with van der Waals surface area (Å²) < 4.78 is 6.54. The van der Waals surface area contributed by atoms with Gasteiger partial charge in [-0.05, 0) is 40.9 Å². The molecule has 0 heterocycles. The van der Waals surface area contributed by atoms with E-state index < -0.39 is 0 Å². The zero-order chi connectivity index (χ0) is 8.55. The molecule has 1 fully saturated rings. The van der Waals surface area contributed by atoms with Gasteiger partial charge in [0.25, 0.3) is 0 Å². The Hall–Kier alpha value is -0.210. The second-order valence-corrected chi connectivity index (χ2v) is 4.13. The van der Waals surface area contributed by atoms with Crippen molar-refractivity contribution >= 4 is 27.5 Å². The van der Waals surface area contributed by atoms with Crippen molar-refractivity contribution in [3.05, 3.63) is 27.7 Å². The highest BCUT2D eigenvalue weighted by Gasteiger charge is 2.25. The van der Waals surface area contributed by atoms with E-state index in [4.69, 9.17) is 16.3 Å². The second-order valence-electron chi connectivity index (χ2n) is 2.87. The molecule has 0 atom stereocenters. The Morgan fingerprint density at radius 2 is 2.17 bits per heavy atom. The molecule has 12 heavy (non-hydrogen) atoms. The molecule has 1 aromatic carbocycles. The largest absolute Gasteiger partial charge is 0.488 e. The number of hydrogen-bond donors (Lipinski definition) is 0. The molecule has 0 bridgehead atoms. The van der Waals surface area contributed by atoms with Gasteiger partial charge in [0.2, 0.25) is 0 Å². The fraction of sp³-hybridized carbons (Fsp3) is 0.333. The molecule has 0 N–H and O–H groups in total. The SMILES string of the molecule is Clc1cccc(Br)c1OC1CC1. The van der Waals surface area contributed by atoms with Crippen LogP contribution in [0.3, 0.4) is 0 Å². The lowest BCUT2D eigenvalue weighted by atomic mass is 10.3. The van der Waals surface area contributed by atoms with E-state index in [0.717, 1.165) is 23.1 Å². The van der Waals surface area contributed by atoms with Crippen LogP contribution in [0.15, 0.2) is 22.7 Å². The van der Waals surface area contributed by atoms with Crippen LogP contribution in [0.5, 0.6) is 5.75 Å². The summed E-state index contributed by atoms with van der Waals surface area (Å²) >= 11 is 9.34. The maximum atomic E-state index is 5.95. The lowest BCUT2D eigenvalue weighted by molar-refractivity contribution is 0.301. The summed E-state index contributed by atoms with van der Waals surface area (Å²) in [6.45, 7) is 0. The Morgan fingerprint density at radius 3 is 2.75 bits per heavy atom. The van der Waals surface area contributed by atoms with E-state index in [9.17, 15) is 0 Å². The molecule has 2 rings (SSSR count). The molecule has 3 heteroatoms. The van der Waals surface area contributed by atoms with Crippen molar-refractivity contribution in [2.24, 2.45) is 0 Å². The van der Waals surface area contributed by atoms with Crippen molar-refractivity contribution in [3.63, 3.8) is 0 Å². The number of benzene rings is 1. The minimum atomic E-state index is 0.390. The summed E-state index contributed by atoms with van der Waals surface area (Å²) in [6.07, 6.45) is 2.69. The quantitative estimate of drug-likeness (QED) is 0.775. The molecule has 0 unspecified atom stereocenters. The van der Waals surface area contributed by atoms with Crippen LogP contribution in [0, 0.1) is 0 Å². The van der Waals surface area contributed by atoms with Crippen LogP contribution in [0.2, 0.25) is 5.02 Å². The van der Waals surface area contributed by atoms with Gasteiger partial charge in [-0.25, -0.2) is 0 Å². The van der Waals surface area contributed by atoms with Gasteiger partial charge < -0.3 is 4.74 Å². The van der Waals surface area contributed by atoms with Gasteiger partial charge in [0.05, 0.1) is 15.6 Å². The van der Waals surface area contributed by atoms with Crippen LogP contribution < -0.4 is 4.74 Å². The standard InChI is InChI=1S/C9H8BrClO/c10-7-2-1-3-8(11)9(7)12-6-4-5-6/h1-3,6H,4-5H2. The van der Waals surface area contributed by atoms with E-state index in [1.54, 1.807) is 0 Å². The molecule has 0 aromatic heterocycles. The fourth-order valence-corrected chi connectivity index (χ4v) is 1.74. The van der Waals surface area contributed by atoms with E-state index in [1.165, 1.54) is 0 Å². The van der Waals surface area contributed by atoms with Gasteiger partial charge in [-0.3, -0.25) is 0 Å². The zero-order valence-corrected chi connectivity index (χ0v) is 8.73. The molecule has 1 saturated carbocycles. The monoisotopic (exact) mass is 246 g/mol. The lowest BCUT2D eigenvalue weighted by Gasteiger charge is -2.07. The highest BCUT2D eigenvalue weighted by molar-refractivity contribution is 9.10. The van der Waals surface area contributed by atoms with Crippen LogP contribution in [0.1, 0.15) is 12.8 Å². The van der Waals surface area contributed by atoms with Crippen molar-refractivity contribution in [1.82, 2.24) is 0 Å². The molecule has 0 spiro atoms. The Morgan fingerprint density at radius 1 is 1.42 bits per heavy atom. The molecule has 1 aliphatic rings. The molecule has 1 aromatic rings. The van der Waals surface area contributed by atoms with Gasteiger partial charge in [-0.15, -0.1) is 0 Å². The van der Waals surface area contributed by atoms with Gasteiger partial charge in [-0.1, -0.05) is 17.7 Å². The van der Waals surface area contributed by atoms with Gasteiger partial charge in [0.1, 0.15) is 0 Å². The average molecular weight is 248 g/mol. The van der Waals surface area contributed by atoms with Crippen LogP contribution in [-0.2, 0) is 0 Å². The fourth-order valence-electron chi connectivity index (χ4n) is 0.948. The molecule has 0 aliphatic heterocycles. The number of hydrogen-bond acceptors (Lipinski definition) is 1. The number of para-hydroxylation sites is 1. The predicted octanol–water partition coefficient (Wildman–Crippen LogP) is 3.64. The van der Waals surface area contributed by atoms with E-state index in [2.05, 4.69) is 15.9 Å². The summed E-state index contributed by atoms with van der Waals surface area (Å²) in [6, 6.07) is 5.67. The van der Waals surface area contributed by atoms with Crippen molar-refractivity contribution in [1.29, 1.82) is 0 Å². The highest BCUT2D eigenvalue weighted by atomic mass is 79.9. The molecular weight excluding hydrogens is 239 g/mol. The minimum absolute atomic E-state index is 0.390. The van der Waals surface area contributed by atoms with E-state index in [1.807, 2.05) is 18.2 Å². The molecule has 1 aliphatic carbocycles. The molecular formula is C9H8BrClO. The predicted molar refractivity (Wildman–Crippen MR) is 52.8 cm³/mol. The molecule has 0 amide bonds. The normalized spacial score (nSPS) is 16.2. The van der Waals surface area contributed by atoms with Crippen molar-refractivity contribution in [3.8, 4) is 5.75 Å². The number of ether oxygens (including phenoxy) is 1. The van der Waals surface area contributed by atoms with Crippen LogP contribution in [0.25, 0.3) is 0 Å². The highest BCUT2D eigenvalue weighted by Crippen LogP contribution is 2.37. The van der Waals surface area contributed by atoms with Crippen molar-refractivity contribution in [2.45, 2.75) is 18.9 Å². The first-order valence-electron chi connectivity index (χ1n) is 3.88. The second kappa shape index (κ2) is 3.27. The maximum Gasteiger partial charge on any atom is 0.152 e. The first-order valence-corrected chi connectivity index (χ1v) is 5.05. The Labute approximate surface area is 84.8 Å². The maximum absolute atomic E-state index is 5.95. The third-order valence-corrected chi connectivity index (χ3v) is 2.65.